The van der Waals surface area contributed by atoms with Crippen molar-refractivity contribution in [2.45, 2.75) is 40.5 Å². The second kappa shape index (κ2) is 9.72. The first-order chi connectivity index (χ1) is 10.9. The molecule has 0 saturated carbocycles. The maximum atomic E-state index is 11.6. The number of benzene rings is 1. The fraction of sp³-hybridized carbons (Fsp3) is 0.421. The van der Waals surface area contributed by atoms with Crippen LogP contribution in [-0.2, 0) is 4.74 Å². The highest BCUT2D eigenvalue weighted by molar-refractivity contribution is 5.92. The topological polar surface area (TPSA) is 55.8 Å². The number of rotatable bonds is 8. The smallest absolute Gasteiger partial charge is 0.341 e. The first kappa shape index (κ1) is 18.8. The molecule has 0 fully saturated rings. The molecule has 0 aromatic heterocycles. The molecule has 0 spiro atoms. The van der Waals surface area contributed by atoms with E-state index in [1.54, 1.807) is 13.0 Å². The molecule has 0 amide bonds. The molecule has 0 atom stereocenters. The maximum Gasteiger partial charge on any atom is 0.341 e. The molecule has 1 rings (SSSR count). The monoisotopic (exact) mass is 318 g/mol. The van der Waals surface area contributed by atoms with Gasteiger partial charge in [-0.1, -0.05) is 17.2 Å². The molecule has 0 aliphatic rings. The Hall–Kier alpha value is -2.23. The lowest BCUT2D eigenvalue weighted by Crippen LogP contribution is -2.05. The number of ether oxygens (including phenoxy) is 2. The lowest BCUT2D eigenvalue weighted by molar-refractivity contribution is 0.0523. The lowest BCUT2D eigenvalue weighted by Gasteiger charge is -2.08. The van der Waals surface area contributed by atoms with Crippen LogP contribution in [0.15, 0.2) is 41.5 Å². The first-order valence-electron chi connectivity index (χ1n) is 7.86. The molecule has 1 aromatic carbocycles. The summed E-state index contributed by atoms with van der Waals surface area (Å²) in [5.74, 6) is -0.152. The van der Waals surface area contributed by atoms with Crippen molar-refractivity contribution < 1.29 is 19.4 Å². The van der Waals surface area contributed by atoms with Crippen molar-refractivity contribution in [3.05, 3.63) is 47.1 Å². The van der Waals surface area contributed by atoms with Crippen molar-refractivity contribution in [3.8, 4) is 11.5 Å². The molecule has 0 radical (unpaired) electrons. The van der Waals surface area contributed by atoms with E-state index in [1.807, 2.05) is 6.08 Å². The highest BCUT2D eigenvalue weighted by Gasteiger charge is 2.12. The van der Waals surface area contributed by atoms with E-state index in [-0.39, 0.29) is 17.9 Å². The SMILES string of the molecule is CCOC(=O)c1ccc(OCC=C(C)CCC=C(C)C)cc1O. The average molecular weight is 318 g/mol. The molecule has 0 unspecified atom stereocenters. The Bertz CT molecular complexity index is 581. The van der Waals surface area contributed by atoms with Crippen LogP contribution in [0.2, 0.25) is 0 Å². The predicted octanol–water partition coefficient (Wildman–Crippen LogP) is 4.64. The molecule has 126 valence electrons. The summed E-state index contributed by atoms with van der Waals surface area (Å²) in [4.78, 5) is 11.6. The Morgan fingerprint density at radius 2 is 1.96 bits per heavy atom. The van der Waals surface area contributed by atoms with Gasteiger partial charge in [0.15, 0.2) is 0 Å². The van der Waals surface area contributed by atoms with Crippen LogP contribution in [0.4, 0.5) is 0 Å². The summed E-state index contributed by atoms with van der Waals surface area (Å²) in [6.07, 6.45) is 6.26. The predicted molar refractivity (Wildman–Crippen MR) is 92.0 cm³/mol. The van der Waals surface area contributed by atoms with Gasteiger partial charge in [0.25, 0.3) is 0 Å². The zero-order chi connectivity index (χ0) is 17.2. The van der Waals surface area contributed by atoms with E-state index in [2.05, 4.69) is 26.8 Å². The van der Waals surface area contributed by atoms with E-state index in [0.717, 1.165) is 12.8 Å². The minimum absolute atomic E-state index is 0.134. The van der Waals surface area contributed by atoms with Gasteiger partial charge in [-0.25, -0.2) is 4.79 Å². The van der Waals surface area contributed by atoms with Gasteiger partial charge < -0.3 is 14.6 Å². The molecular formula is C19H26O4. The first-order valence-corrected chi connectivity index (χ1v) is 7.86. The molecule has 0 aliphatic heterocycles. The van der Waals surface area contributed by atoms with E-state index >= 15 is 0 Å². The highest BCUT2D eigenvalue weighted by Crippen LogP contribution is 2.24. The fourth-order valence-corrected chi connectivity index (χ4v) is 1.95. The van der Waals surface area contributed by atoms with Crippen molar-refractivity contribution in [1.82, 2.24) is 0 Å². The van der Waals surface area contributed by atoms with E-state index in [0.29, 0.717) is 12.4 Å². The minimum Gasteiger partial charge on any atom is -0.507 e. The number of hydrogen-bond acceptors (Lipinski definition) is 4. The van der Waals surface area contributed by atoms with Gasteiger partial charge in [-0.2, -0.15) is 0 Å². The van der Waals surface area contributed by atoms with E-state index in [9.17, 15) is 9.90 Å². The van der Waals surface area contributed by atoms with Crippen LogP contribution in [0.5, 0.6) is 11.5 Å². The van der Waals surface area contributed by atoms with Gasteiger partial charge in [0.05, 0.1) is 6.61 Å². The van der Waals surface area contributed by atoms with Crippen molar-refractivity contribution in [2.24, 2.45) is 0 Å². The molecule has 4 nitrogen and oxygen atoms in total. The second-order valence-corrected chi connectivity index (χ2v) is 5.58. The van der Waals surface area contributed by atoms with Gasteiger partial charge in [0, 0.05) is 6.07 Å². The quantitative estimate of drug-likeness (QED) is 0.560. The molecule has 0 bridgehead atoms. The summed E-state index contributed by atoms with van der Waals surface area (Å²) in [5.41, 5.74) is 2.73. The van der Waals surface area contributed by atoms with Crippen molar-refractivity contribution in [2.75, 3.05) is 13.2 Å². The summed E-state index contributed by atoms with van der Waals surface area (Å²) < 4.78 is 10.4. The van der Waals surface area contributed by atoms with Crippen LogP contribution in [-0.4, -0.2) is 24.3 Å². The van der Waals surface area contributed by atoms with E-state index in [1.165, 1.54) is 23.3 Å². The molecule has 23 heavy (non-hydrogen) atoms. The molecule has 0 saturated heterocycles. The van der Waals surface area contributed by atoms with Gasteiger partial charge in [-0.3, -0.25) is 0 Å². The zero-order valence-corrected chi connectivity index (χ0v) is 14.4. The molecule has 0 heterocycles. The second-order valence-electron chi connectivity index (χ2n) is 5.58. The number of hydrogen-bond donors (Lipinski definition) is 1. The summed E-state index contributed by atoms with van der Waals surface area (Å²) >= 11 is 0. The average Bonchev–Trinajstić information content (AvgIpc) is 2.47. The Morgan fingerprint density at radius 1 is 1.22 bits per heavy atom. The summed E-state index contributed by atoms with van der Waals surface area (Å²) in [5, 5.41) is 9.86. The molecular weight excluding hydrogens is 292 g/mol. The van der Waals surface area contributed by atoms with E-state index < -0.39 is 5.97 Å². The summed E-state index contributed by atoms with van der Waals surface area (Å²) in [6.45, 7) is 8.68. The van der Waals surface area contributed by atoms with Gasteiger partial charge >= 0.3 is 5.97 Å². The van der Waals surface area contributed by atoms with Crippen LogP contribution in [0.1, 0.15) is 50.9 Å². The number of carbonyl (C=O) groups excluding carboxylic acids is 1. The van der Waals surface area contributed by atoms with Gasteiger partial charge in [0.2, 0.25) is 0 Å². The lowest BCUT2D eigenvalue weighted by atomic mass is 10.1. The molecule has 1 N–H and O–H groups in total. The van der Waals surface area contributed by atoms with Crippen LogP contribution in [0, 0.1) is 0 Å². The van der Waals surface area contributed by atoms with E-state index in [4.69, 9.17) is 9.47 Å². The number of phenols is 1. The number of aromatic hydroxyl groups is 1. The number of carbonyl (C=O) groups is 1. The standard InChI is InChI=1S/C19H26O4/c1-5-22-19(21)17-10-9-16(13-18(17)20)23-12-11-15(4)8-6-7-14(2)3/h7,9-11,13,20H,5-6,8,12H2,1-4H3. The normalized spacial score (nSPS) is 11.0. The summed E-state index contributed by atoms with van der Waals surface area (Å²) in [7, 11) is 0. The van der Waals surface area contributed by atoms with Crippen molar-refractivity contribution >= 4 is 5.97 Å². The summed E-state index contributed by atoms with van der Waals surface area (Å²) in [6, 6.07) is 4.59. The maximum absolute atomic E-state index is 11.6. The Balaban J connectivity index is 2.54. The van der Waals surface area contributed by atoms with Crippen LogP contribution < -0.4 is 4.74 Å². The highest BCUT2D eigenvalue weighted by atomic mass is 16.5. The number of allylic oxidation sites excluding steroid dienone is 3. The molecule has 4 heteroatoms. The van der Waals surface area contributed by atoms with Crippen LogP contribution >= 0.6 is 0 Å². The molecule has 1 aromatic rings. The third kappa shape index (κ3) is 7.04. The third-order valence-electron chi connectivity index (χ3n) is 3.24. The largest absolute Gasteiger partial charge is 0.507 e. The number of phenolic OH excluding ortho intramolecular Hbond substituents is 1. The molecule has 0 aliphatic carbocycles. The van der Waals surface area contributed by atoms with Crippen molar-refractivity contribution in [3.63, 3.8) is 0 Å². The minimum atomic E-state index is -0.536. The van der Waals surface area contributed by atoms with Crippen molar-refractivity contribution in [1.29, 1.82) is 0 Å². The van der Waals surface area contributed by atoms with Crippen LogP contribution in [0.25, 0.3) is 0 Å². The zero-order valence-electron chi connectivity index (χ0n) is 14.4. The number of esters is 1. The van der Waals surface area contributed by atoms with Gasteiger partial charge in [0.1, 0.15) is 23.7 Å². The Labute approximate surface area is 138 Å². The van der Waals surface area contributed by atoms with Gasteiger partial charge in [-0.15, -0.1) is 0 Å². The Morgan fingerprint density at radius 3 is 2.57 bits per heavy atom. The van der Waals surface area contributed by atoms with Gasteiger partial charge in [-0.05, 0) is 58.7 Å². The van der Waals surface area contributed by atoms with Crippen LogP contribution in [0.3, 0.4) is 0 Å². The third-order valence-corrected chi connectivity index (χ3v) is 3.24. The Kier molecular flexibility index (Phi) is 7.95. The fourth-order valence-electron chi connectivity index (χ4n) is 1.95.